The molecule has 0 aliphatic carbocycles. The topological polar surface area (TPSA) is 48.0 Å². The highest BCUT2D eigenvalue weighted by atomic mass is 35.5. The third-order valence-electron chi connectivity index (χ3n) is 6.03. The third-order valence-corrected chi connectivity index (χ3v) is 6.25. The molecule has 1 unspecified atom stereocenters. The number of rotatable bonds is 9. The molecule has 3 aromatic rings. The third kappa shape index (κ3) is 9.02. The standard InChI is InChI=1S/C32H36ClNO4/c1-32(2,3)38-31(35)20-27-11-7-8-12-30(27)37-23-26-17-25(18-28(33)19-26)13-14-29-22-34(15-16-36-29)21-24-9-5-4-6-10-24/h4-14,17-19,29H,15-16,20-23H2,1-3H3. The molecule has 0 saturated carbocycles. The molecule has 0 spiro atoms. The number of carbonyl (C=O) groups is 1. The van der Waals surface area contributed by atoms with Crippen LogP contribution >= 0.6 is 11.6 Å². The first-order chi connectivity index (χ1) is 18.2. The van der Waals surface area contributed by atoms with Gasteiger partial charge < -0.3 is 14.2 Å². The zero-order chi connectivity index (χ0) is 27.0. The van der Waals surface area contributed by atoms with Crippen molar-refractivity contribution in [2.75, 3.05) is 19.7 Å². The van der Waals surface area contributed by atoms with Crippen molar-refractivity contribution in [1.82, 2.24) is 4.90 Å². The molecule has 0 amide bonds. The van der Waals surface area contributed by atoms with Crippen molar-refractivity contribution in [3.05, 3.63) is 106 Å². The smallest absolute Gasteiger partial charge is 0.310 e. The van der Waals surface area contributed by atoms with Gasteiger partial charge in [-0.15, -0.1) is 0 Å². The average Bonchev–Trinajstić information content (AvgIpc) is 2.86. The molecule has 1 heterocycles. The van der Waals surface area contributed by atoms with E-state index in [1.807, 2.05) is 63.2 Å². The van der Waals surface area contributed by atoms with Gasteiger partial charge in [0.1, 0.15) is 18.0 Å². The Hall–Kier alpha value is -3.12. The summed E-state index contributed by atoms with van der Waals surface area (Å²) in [5.74, 6) is 0.375. The van der Waals surface area contributed by atoms with Crippen LogP contribution in [0, 0.1) is 0 Å². The minimum absolute atomic E-state index is 0.0193. The molecule has 38 heavy (non-hydrogen) atoms. The Bertz CT molecular complexity index is 1240. The molecule has 1 atom stereocenters. The van der Waals surface area contributed by atoms with Gasteiger partial charge in [-0.05, 0) is 61.7 Å². The Morgan fingerprint density at radius 2 is 1.82 bits per heavy atom. The fraction of sp³-hybridized carbons (Fsp3) is 0.344. The van der Waals surface area contributed by atoms with E-state index >= 15 is 0 Å². The van der Waals surface area contributed by atoms with E-state index in [-0.39, 0.29) is 18.5 Å². The molecule has 1 aliphatic heterocycles. The van der Waals surface area contributed by atoms with Crippen LogP contribution in [0.5, 0.6) is 5.75 Å². The fourth-order valence-corrected chi connectivity index (χ4v) is 4.66. The highest BCUT2D eigenvalue weighted by Gasteiger charge is 2.19. The molecule has 0 radical (unpaired) electrons. The Kier molecular flexibility index (Phi) is 9.62. The van der Waals surface area contributed by atoms with E-state index < -0.39 is 5.60 Å². The van der Waals surface area contributed by atoms with E-state index in [0.717, 1.165) is 36.3 Å². The van der Waals surface area contributed by atoms with Crippen LogP contribution in [0.4, 0.5) is 0 Å². The van der Waals surface area contributed by atoms with Gasteiger partial charge in [-0.2, -0.15) is 0 Å². The first-order valence-corrected chi connectivity index (χ1v) is 13.4. The summed E-state index contributed by atoms with van der Waals surface area (Å²) in [4.78, 5) is 14.8. The van der Waals surface area contributed by atoms with Crippen LogP contribution in [0.1, 0.15) is 43.0 Å². The van der Waals surface area contributed by atoms with Gasteiger partial charge in [-0.3, -0.25) is 9.69 Å². The molecule has 4 rings (SSSR count). The summed E-state index contributed by atoms with van der Waals surface area (Å²) in [6.45, 7) is 9.31. The lowest BCUT2D eigenvalue weighted by Gasteiger charge is -2.31. The van der Waals surface area contributed by atoms with Crippen molar-refractivity contribution in [2.24, 2.45) is 0 Å². The predicted octanol–water partition coefficient (Wildman–Crippen LogP) is 6.72. The predicted molar refractivity (Wildman–Crippen MR) is 152 cm³/mol. The van der Waals surface area contributed by atoms with Gasteiger partial charge in [0.05, 0.1) is 19.1 Å². The lowest BCUT2D eigenvalue weighted by Crippen LogP contribution is -2.41. The van der Waals surface area contributed by atoms with Gasteiger partial charge in [0, 0.05) is 30.2 Å². The number of esters is 1. The maximum absolute atomic E-state index is 12.3. The molecule has 0 N–H and O–H groups in total. The van der Waals surface area contributed by atoms with Gasteiger partial charge in [-0.25, -0.2) is 0 Å². The van der Waals surface area contributed by atoms with Gasteiger partial charge in [0.2, 0.25) is 0 Å². The van der Waals surface area contributed by atoms with E-state index in [2.05, 4.69) is 47.4 Å². The first kappa shape index (κ1) is 27.9. The first-order valence-electron chi connectivity index (χ1n) is 13.0. The van der Waals surface area contributed by atoms with E-state index in [9.17, 15) is 4.79 Å². The molecule has 0 aromatic heterocycles. The van der Waals surface area contributed by atoms with Crippen molar-refractivity contribution in [2.45, 2.75) is 52.0 Å². The fourth-order valence-electron chi connectivity index (χ4n) is 4.39. The van der Waals surface area contributed by atoms with Crippen LogP contribution in [-0.4, -0.2) is 42.3 Å². The number of carbonyl (C=O) groups excluding carboxylic acids is 1. The van der Waals surface area contributed by atoms with Crippen LogP contribution in [0.3, 0.4) is 0 Å². The molecule has 3 aromatic carbocycles. The van der Waals surface area contributed by atoms with Crippen LogP contribution in [0.25, 0.3) is 6.08 Å². The molecule has 0 bridgehead atoms. The highest BCUT2D eigenvalue weighted by molar-refractivity contribution is 6.30. The van der Waals surface area contributed by atoms with Crippen LogP contribution in [0.15, 0.2) is 78.9 Å². The number of ether oxygens (including phenoxy) is 3. The molecular weight excluding hydrogens is 498 g/mol. The number of hydrogen-bond acceptors (Lipinski definition) is 5. The number of benzene rings is 3. The maximum Gasteiger partial charge on any atom is 0.310 e. The SMILES string of the molecule is CC(C)(C)OC(=O)Cc1ccccc1OCc1cc(Cl)cc(C=CC2CN(Cc3ccccc3)CCO2)c1. The van der Waals surface area contributed by atoms with E-state index in [1.54, 1.807) is 0 Å². The number of hydrogen-bond donors (Lipinski definition) is 0. The summed E-state index contributed by atoms with van der Waals surface area (Å²) in [5.41, 5.74) is 3.50. The molecule has 200 valence electrons. The summed E-state index contributed by atoms with van der Waals surface area (Å²) in [7, 11) is 0. The Morgan fingerprint density at radius 3 is 2.61 bits per heavy atom. The zero-order valence-electron chi connectivity index (χ0n) is 22.4. The van der Waals surface area contributed by atoms with Gasteiger partial charge in [-0.1, -0.05) is 72.3 Å². The largest absolute Gasteiger partial charge is 0.489 e. The minimum atomic E-state index is -0.527. The summed E-state index contributed by atoms with van der Waals surface area (Å²) >= 11 is 6.44. The number of morpholine rings is 1. The summed E-state index contributed by atoms with van der Waals surface area (Å²) in [6, 6.07) is 23.9. The van der Waals surface area contributed by atoms with Crippen molar-refractivity contribution < 1.29 is 19.0 Å². The van der Waals surface area contributed by atoms with Crippen molar-refractivity contribution >= 4 is 23.6 Å². The second-order valence-electron chi connectivity index (χ2n) is 10.5. The second-order valence-corrected chi connectivity index (χ2v) is 11.0. The quantitative estimate of drug-likeness (QED) is 0.286. The van der Waals surface area contributed by atoms with E-state index in [4.69, 9.17) is 25.8 Å². The maximum atomic E-state index is 12.3. The Labute approximate surface area is 231 Å². The summed E-state index contributed by atoms with van der Waals surface area (Å²) in [6.07, 6.45) is 4.33. The van der Waals surface area contributed by atoms with Gasteiger partial charge >= 0.3 is 5.97 Å². The average molecular weight is 534 g/mol. The minimum Gasteiger partial charge on any atom is -0.489 e. The monoisotopic (exact) mass is 533 g/mol. The lowest BCUT2D eigenvalue weighted by molar-refractivity contribution is -0.153. The Balaban J connectivity index is 1.36. The number of para-hydroxylation sites is 1. The normalized spacial score (nSPS) is 16.5. The number of nitrogens with zero attached hydrogens (tertiary/aromatic N) is 1. The van der Waals surface area contributed by atoms with E-state index in [1.165, 1.54) is 5.56 Å². The van der Waals surface area contributed by atoms with Crippen molar-refractivity contribution in [1.29, 1.82) is 0 Å². The lowest BCUT2D eigenvalue weighted by atomic mass is 10.1. The van der Waals surface area contributed by atoms with Crippen molar-refractivity contribution in [3.63, 3.8) is 0 Å². The molecule has 1 fully saturated rings. The van der Waals surface area contributed by atoms with Gasteiger partial charge in [0.15, 0.2) is 0 Å². The second kappa shape index (κ2) is 13.1. The molecular formula is C32H36ClNO4. The highest BCUT2D eigenvalue weighted by Crippen LogP contribution is 2.23. The van der Waals surface area contributed by atoms with Crippen LogP contribution < -0.4 is 4.74 Å². The summed E-state index contributed by atoms with van der Waals surface area (Å²) in [5, 5.41) is 0.642. The molecule has 6 heteroatoms. The van der Waals surface area contributed by atoms with Gasteiger partial charge in [0.25, 0.3) is 0 Å². The molecule has 5 nitrogen and oxygen atoms in total. The zero-order valence-corrected chi connectivity index (χ0v) is 23.1. The van der Waals surface area contributed by atoms with Crippen LogP contribution in [-0.2, 0) is 33.8 Å². The Morgan fingerprint density at radius 1 is 1.05 bits per heavy atom. The van der Waals surface area contributed by atoms with E-state index in [0.29, 0.717) is 24.0 Å². The van der Waals surface area contributed by atoms with Crippen molar-refractivity contribution in [3.8, 4) is 5.75 Å². The summed E-state index contributed by atoms with van der Waals surface area (Å²) < 4.78 is 17.6. The number of halogens is 1. The molecule has 1 aliphatic rings. The molecule has 1 saturated heterocycles. The van der Waals surface area contributed by atoms with Crippen LogP contribution in [0.2, 0.25) is 5.02 Å².